The molecule has 1 fully saturated rings. The number of hydrogen-bond acceptors (Lipinski definition) is 5. The molecule has 1 saturated heterocycles. The minimum atomic E-state index is -0.985. The number of carbonyl (C=O) groups excluding carboxylic acids is 4. The van der Waals surface area contributed by atoms with Crippen LogP contribution in [0.4, 0.5) is 10.5 Å². The van der Waals surface area contributed by atoms with Crippen LogP contribution in [-0.2, 0) is 19.1 Å². The average Bonchev–Trinajstić information content (AvgIpc) is 3.03. The highest BCUT2D eigenvalue weighted by Crippen LogP contribution is 2.25. The van der Waals surface area contributed by atoms with Crippen molar-refractivity contribution in [2.75, 3.05) is 18.5 Å². The molecule has 0 bridgehead atoms. The molecule has 0 spiro atoms. The number of benzene rings is 2. The molecule has 0 aliphatic carbocycles. The van der Waals surface area contributed by atoms with Gasteiger partial charge in [0.05, 0.1) is 0 Å². The fourth-order valence-electron chi connectivity index (χ4n) is 3.44. The summed E-state index contributed by atoms with van der Waals surface area (Å²) < 4.78 is 4.94. The van der Waals surface area contributed by atoms with Crippen LogP contribution in [0.1, 0.15) is 26.7 Å². The Labute approximate surface area is 180 Å². The zero-order valence-electron chi connectivity index (χ0n) is 17.5. The van der Waals surface area contributed by atoms with Gasteiger partial charge in [0, 0.05) is 5.69 Å². The van der Waals surface area contributed by atoms with Gasteiger partial charge in [-0.05, 0) is 36.1 Å². The lowest BCUT2D eigenvalue weighted by Gasteiger charge is -2.22. The number of anilines is 1. The Morgan fingerprint density at radius 3 is 2.16 bits per heavy atom. The normalized spacial score (nSPS) is 14.8. The van der Waals surface area contributed by atoms with E-state index in [2.05, 4.69) is 10.6 Å². The highest BCUT2D eigenvalue weighted by Gasteiger charge is 2.49. The molecule has 4 amide bonds. The van der Waals surface area contributed by atoms with Crippen molar-refractivity contribution < 1.29 is 23.9 Å². The molecule has 0 unspecified atom stereocenters. The lowest BCUT2D eigenvalue weighted by Crippen LogP contribution is -2.46. The SMILES string of the molecule is CCC1(CC)NC(=O)N(CC(=O)OCC(=O)Nc2ccc(-c3ccccc3)cc2)C1=O. The molecule has 2 N–H and O–H groups in total. The molecule has 31 heavy (non-hydrogen) atoms. The number of nitrogens with zero attached hydrogens (tertiary/aromatic N) is 1. The molecule has 8 nitrogen and oxygen atoms in total. The van der Waals surface area contributed by atoms with Gasteiger partial charge in [-0.2, -0.15) is 0 Å². The Bertz CT molecular complexity index is 968. The van der Waals surface area contributed by atoms with Crippen LogP contribution < -0.4 is 10.6 Å². The molecule has 1 heterocycles. The third-order valence-corrected chi connectivity index (χ3v) is 5.38. The van der Waals surface area contributed by atoms with Crippen molar-refractivity contribution in [3.63, 3.8) is 0 Å². The molecule has 0 radical (unpaired) electrons. The minimum Gasteiger partial charge on any atom is -0.454 e. The number of amides is 4. The summed E-state index contributed by atoms with van der Waals surface area (Å²) in [6.45, 7) is 2.53. The molecule has 3 rings (SSSR count). The van der Waals surface area contributed by atoms with Gasteiger partial charge in [0.2, 0.25) is 0 Å². The predicted octanol–water partition coefficient (Wildman–Crippen LogP) is 2.95. The molecule has 8 heteroatoms. The summed E-state index contributed by atoms with van der Waals surface area (Å²) in [4.78, 5) is 49.5. The Kier molecular flexibility index (Phi) is 6.69. The number of ether oxygens (including phenoxy) is 1. The number of imide groups is 1. The van der Waals surface area contributed by atoms with Gasteiger partial charge < -0.3 is 15.4 Å². The van der Waals surface area contributed by atoms with E-state index >= 15 is 0 Å². The molecule has 2 aromatic carbocycles. The molecule has 1 aliphatic rings. The molecule has 0 saturated carbocycles. The maximum absolute atomic E-state index is 12.5. The Balaban J connectivity index is 1.49. The maximum atomic E-state index is 12.5. The van der Waals surface area contributed by atoms with Crippen LogP contribution in [0.5, 0.6) is 0 Å². The highest BCUT2D eigenvalue weighted by molar-refractivity contribution is 6.08. The van der Waals surface area contributed by atoms with Crippen molar-refractivity contribution >= 4 is 29.5 Å². The van der Waals surface area contributed by atoms with E-state index in [0.717, 1.165) is 16.0 Å². The minimum absolute atomic E-state index is 0.422. The second-order valence-corrected chi connectivity index (χ2v) is 7.26. The summed E-state index contributed by atoms with van der Waals surface area (Å²) in [6.07, 6.45) is 0.843. The number of urea groups is 1. The van der Waals surface area contributed by atoms with Crippen LogP contribution in [-0.4, -0.2) is 47.4 Å². The second kappa shape index (κ2) is 9.42. The lowest BCUT2D eigenvalue weighted by molar-refractivity contribution is -0.150. The first-order valence-corrected chi connectivity index (χ1v) is 10.1. The standard InChI is InChI=1S/C23H25N3O5/c1-3-23(4-2)21(29)26(22(30)25-23)14-20(28)31-15-19(27)24-18-12-10-17(11-13-18)16-8-6-5-7-9-16/h5-13H,3-4,14-15H2,1-2H3,(H,24,27)(H,25,30). The first-order valence-electron chi connectivity index (χ1n) is 10.1. The largest absolute Gasteiger partial charge is 0.454 e. The fraction of sp³-hybridized carbons (Fsp3) is 0.304. The summed E-state index contributed by atoms with van der Waals surface area (Å²) >= 11 is 0. The van der Waals surface area contributed by atoms with Gasteiger partial charge in [0.15, 0.2) is 6.61 Å². The van der Waals surface area contributed by atoms with E-state index in [9.17, 15) is 19.2 Å². The molecule has 0 atom stereocenters. The molecule has 0 aromatic heterocycles. The van der Waals surface area contributed by atoms with Gasteiger partial charge in [0.25, 0.3) is 11.8 Å². The zero-order valence-corrected chi connectivity index (χ0v) is 17.5. The van der Waals surface area contributed by atoms with Crippen LogP contribution in [0, 0.1) is 0 Å². The van der Waals surface area contributed by atoms with Gasteiger partial charge in [0.1, 0.15) is 12.1 Å². The summed E-state index contributed by atoms with van der Waals surface area (Å²) in [5.74, 6) is -1.81. The second-order valence-electron chi connectivity index (χ2n) is 7.26. The smallest absolute Gasteiger partial charge is 0.326 e. The average molecular weight is 423 g/mol. The van der Waals surface area contributed by atoms with E-state index in [1.54, 1.807) is 26.0 Å². The van der Waals surface area contributed by atoms with Crippen LogP contribution in [0.2, 0.25) is 0 Å². The van der Waals surface area contributed by atoms with Crippen molar-refractivity contribution in [2.45, 2.75) is 32.2 Å². The van der Waals surface area contributed by atoms with Crippen molar-refractivity contribution in [1.82, 2.24) is 10.2 Å². The van der Waals surface area contributed by atoms with Crippen LogP contribution >= 0.6 is 0 Å². The van der Waals surface area contributed by atoms with Crippen LogP contribution in [0.25, 0.3) is 11.1 Å². The van der Waals surface area contributed by atoms with E-state index in [1.165, 1.54) is 0 Å². The Morgan fingerprint density at radius 2 is 1.58 bits per heavy atom. The predicted molar refractivity (Wildman–Crippen MR) is 115 cm³/mol. The lowest BCUT2D eigenvalue weighted by atomic mass is 9.93. The first kappa shape index (κ1) is 22.0. The molecular formula is C23H25N3O5. The monoisotopic (exact) mass is 423 g/mol. The zero-order chi connectivity index (χ0) is 22.4. The van der Waals surface area contributed by atoms with Crippen LogP contribution in [0.15, 0.2) is 54.6 Å². The van der Waals surface area contributed by atoms with E-state index in [1.807, 2.05) is 42.5 Å². The number of nitrogens with one attached hydrogen (secondary N) is 2. The molecule has 1 aliphatic heterocycles. The van der Waals surface area contributed by atoms with Gasteiger partial charge >= 0.3 is 12.0 Å². The van der Waals surface area contributed by atoms with Gasteiger partial charge in [-0.1, -0.05) is 56.3 Å². The molecular weight excluding hydrogens is 398 g/mol. The summed E-state index contributed by atoms with van der Waals surface area (Å²) in [5.41, 5.74) is 1.64. The number of hydrogen-bond donors (Lipinski definition) is 2. The number of carbonyl (C=O) groups is 4. The van der Waals surface area contributed by atoms with E-state index in [-0.39, 0.29) is 0 Å². The summed E-state index contributed by atoms with van der Waals surface area (Å²) in [5, 5.41) is 5.28. The van der Waals surface area contributed by atoms with Crippen molar-refractivity contribution in [3.8, 4) is 11.1 Å². The molecule has 2 aromatic rings. The number of esters is 1. The van der Waals surface area contributed by atoms with Gasteiger partial charge in [-0.25, -0.2) is 4.79 Å². The van der Waals surface area contributed by atoms with E-state index in [0.29, 0.717) is 18.5 Å². The van der Waals surface area contributed by atoms with E-state index < -0.39 is 42.5 Å². The van der Waals surface area contributed by atoms with Gasteiger partial charge in [-0.3, -0.25) is 19.3 Å². The number of rotatable bonds is 8. The fourth-order valence-corrected chi connectivity index (χ4v) is 3.44. The van der Waals surface area contributed by atoms with Crippen molar-refractivity contribution in [2.24, 2.45) is 0 Å². The third-order valence-electron chi connectivity index (χ3n) is 5.38. The van der Waals surface area contributed by atoms with Crippen molar-refractivity contribution in [3.05, 3.63) is 54.6 Å². The third kappa shape index (κ3) is 4.91. The molecule has 162 valence electrons. The van der Waals surface area contributed by atoms with Gasteiger partial charge in [-0.15, -0.1) is 0 Å². The maximum Gasteiger partial charge on any atom is 0.326 e. The summed E-state index contributed by atoms with van der Waals surface area (Å²) in [6, 6.07) is 16.4. The van der Waals surface area contributed by atoms with E-state index in [4.69, 9.17) is 4.74 Å². The first-order chi connectivity index (χ1) is 14.9. The summed E-state index contributed by atoms with van der Waals surface area (Å²) in [7, 11) is 0. The van der Waals surface area contributed by atoms with Crippen LogP contribution in [0.3, 0.4) is 0 Å². The Morgan fingerprint density at radius 1 is 0.968 bits per heavy atom. The Hall–Kier alpha value is -3.68. The topological polar surface area (TPSA) is 105 Å². The highest BCUT2D eigenvalue weighted by atomic mass is 16.5. The quantitative estimate of drug-likeness (QED) is 0.502. The van der Waals surface area contributed by atoms with Crippen molar-refractivity contribution in [1.29, 1.82) is 0 Å².